The van der Waals surface area contributed by atoms with Gasteiger partial charge in [-0.3, -0.25) is 5.43 Å². The summed E-state index contributed by atoms with van der Waals surface area (Å²) < 4.78 is 18.7. The molecule has 0 saturated heterocycles. The largest absolute Gasteiger partial charge is 0.489 e. The lowest BCUT2D eigenvalue weighted by Gasteiger charge is -2.15. The summed E-state index contributed by atoms with van der Waals surface area (Å²) >= 11 is 0. The molecule has 1 aromatic heterocycles. The molecular formula is C23H26FN5O. The number of nitrogens with zero attached hydrogens (tertiary/aromatic N) is 4. The first kappa shape index (κ1) is 21.2. The highest BCUT2D eigenvalue weighted by Gasteiger charge is 2.09. The van der Waals surface area contributed by atoms with Crippen LogP contribution in [0.3, 0.4) is 0 Å². The quantitative estimate of drug-likeness (QED) is 0.428. The van der Waals surface area contributed by atoms with Gasteiger partial charge in [-0.1, -0.05) is 26.0 Å². The Balaban J connectivity index is 1.59. The van der Waals surface area contributed by atoms with Gasteiger partial charge in [0.15, 0.2) is 5.82 Å². The third kappa shape index (κ3) is 6.01. The summed E-state index contributed by atoms with van der Waals surface area (Å²) in [5.41, 5.74) is 4.81. The zero-order valence-electron chi connectivity index (χ0n) is 17.6. The number of benzene rings is 2. The van der Waals surface area contributed by atoms with E-state index in [2.05, 4.69) is 34.3 Å². The lowest BCUT2D eigenvalue weighted by molar-refractivity contribution is 0.306. The summed E-state index contributed by atoms with van der Waals surface area (Å²) in [6.45, 7) is 4.50. The van der Waals surface area contributed by atoms with Crippen LogP contribution in [-0.4, -0.2) is 30.3 Å². The Morgan fingerprint density at radius 1 is 1.07 bits per heavy atom. The maximum Gasteiger partial charge on any atom is 0.152 e. The van der Waals surface area contributed by atoms with E-state index in [-0.39, 0.29) is 11.7 Å². The predicted octanol–water partition coefficient (Wildman–Crippen LogP) is 4.83. The molecule has 0 fully saturated rings. The Bertz CT molecular complexity index is 959. The normalized spacial score (nSPS) is 11.1. The zero-order valence-corrected chi connectivity index (χ0v) is 17.6. The van der Waals surface area contributed by atoms with Gasteiger partial charge in [0.1, 0.15) is 29.8 Å². The highest BCUT2D eigenvalue weighted by atomic mass is 19.1. The van der Waals surface area contributed by atoms with Crippen molar-refractivity contribution in [2.24, 2.45) is 5.10 Å². The second-order valence-electron chi connectivity index (χ2n) is 7.37. The molecule has 0 aliphatic rings. The number of anilines is 2. The molecular weight excluding hydrogens is 381 g/mol. The van der Waals surface area contributed by atoms with Crippen LogP contribution in [0.15, 0.2) is 59.7 Å². The van der Waals surface area contributed by atoms with E-state index in [9.17, 15) is 4.39 Å². The van der Waals surface area contributed by atoms with Crippen LogP contribution in [0.25, 0.3) is 0 Å². The molecule has 0 amide bonds. The van der Waals surface area contributed by atoms with E-state index in [1.54, 1.807) is 18.3 Å². The molecule has 156 valence electrons. The summed E-state index contributed by atoms with van der Waals surface area (Å²) in [6.07, 6.45) is 1.72. The van der Waals surface area contributed by atoms with Gasteiger partial charge < -0.3 is 9.64 Å². The monoisotopic (exact) mass is 407 g/mol. The van der Waals surface area contributed by atoms with Crippen molar-refractivity contribution in [2.75, 3.05) is 24.4 Å². The maximum absolute atomic E-state index is 12.9. The molecule has 3 rings (SSSR count). The summed E-state index contributed by atoms with van der Waals surface area (Å²) in [5.74, 6) is 2.94. The number of rotatable bonds is 8. The second kappa shape index (κ2) is 9.82. The molecule has 0 saturated carbocycles. The molecule has 0 unspecified atom stereocenters. The average Bonchev–Trinajstić information content (AvgIpc) is 2.74. The molecule has 0 atom stereocenters. The zero-order chi connectivity index (χ0) is 21.5. The number of hydrazone groups is 1. The lowest BCUT2D eigenvalue weighted by atomic mass is 10.2. The fourth-order valence-electron chi connectivity index (χ4n) is 2.57. The topological polar surface area (TPSA) is 62.6 Å². The first-order valence-electron chi connectivity index (χ1n) is 9.73. The van der Waals surface area contributed by atoms with Crippen molar-refractivity contribution in [1.82, 2.24) is 9.97 Å². The number of nitrogens with one attached hydrogen (secondary N) is 1. The fourth-order valence-corrected chi connectivity index (χ4v) is 2.57. The molecule has 0 aliphatic carbocycles. The number of aromatic nitrogens is 2. The Morgan fingerprint density at radius 3 is 2.40 bits per heavy atom. The van der Waals surface area contributed by atoms with Gasteiger partial charge in [0.2, 0.25) is 0 Å². The number of hydrogen-bond donors (Lipinski definition) is 1. The first-order chi connectivity index (χ1) is 14.4. The van der Waals surface area contributed by atoms with Crippen LogP contribution in [0.4, 0.5) is 16.0 Å². The molecule has 0 spiro atoms. The molecule has 3 aromatic rings. The van der Waals surface area contributed by atoms with E-state index in [4.69, 9.17) is 4.74 Å². The molecule has 0 radical (unpaired) electrons. The summed E-state index contributed by atoms with van der Waals surface area (Å²) in [7, 11) is 3.89. The summed E-state index contributed by atoms with van der Waals surface area (Å²) in [4.78, 5) is 11.0. The highest BCUT2D eigenvalue weighted by Crippen LogP contribution is 2.19. The van der Waals surface area contributed by atoms with E-state index in [0.29, 0.717) is 12.4 Å². The molecule has 2 aromatic carbocycles. The van der Waals surface area contributed by atoms with Crippen molar-refractivity contribution < 1.29 is 9.13 Å². The van der Waals surface area contributed by atoms with Gasteiger partial charge in [-0.25, -0.2) is 14.4 Å². The third-order valence-corrected chi connectivity index (χ3v) is 4.30. The second-order valence-corrected chi connectivity index (χ2v) is 7.37. The van der Waals surface area contributed by atoms with Crippen molar-refractivity contribution in [1.29, 1.82) is 0 Å². The van der Waals surface area contributed by atoms with Gasteiger partial charge in [-0.05, 0) is 47.5 Å². The maximum atomic E-state index is 12.9. The van der Waals surface area contributed by atoms with Crippen LogP contribution in [0.1, 0.15) is 36.7 Å². The van der Waals surface area contributed by atoms with E-state index >= 15 is 0 Å². The molecule has 30 heavy (non-hydrogen) atoms. The van der Waals surface area contributed by atoms with Crippen LogP contribution in [0.2, 0.25) is 0 Å². The van der Waals surface area contributed by atoms with E-state index in [1.165, 1.54) is 12.1 Å². The van der Waals surface area contributed by atoms with Gasteiger partial charge in [0.25, 0.3) is 0 Å². The standard InChI is InChI=1S/C23H26FN5O/c1-16(2)23-26-21(13-22(27-23)29(3)4)28-25-14-17-7-11-20(12-8-17)30-15-18-5-9-19(24)10-6-18/h5-14,16H,15H2,1-4H3,(H,26,27,28). The predicted molar refractivity (Wildman–Crippen MR) is 119 cm³/mol. The fraction of sp³-hybridized carbons (Fsp3) is 0.261. The molecule has 1 N–H and O–H groups in total. The highest BCUT2D eigenvalue weighted by molar-refractivity contribution is 5.80. The first-order valence-corrected chi connectivity index (χ1v) is 9.73. The van der Waals surface area contributed by atoms with Crippen LogP contribution >= 0.6 is 0 Å². The van der Waals surface area contributed by atoms with Crippen molar-refractivity contribution in [3.05, 3.63) is 77.4 Å². The van der Waals surface area contributed by atoms with E-state index in [0.717, 1.165) is 28.5 Å². The van der Waals surface area contributed by atoms with E-state index < -0.39 is 0 Å². The van der Waals surface area contributed by atoms with Gasteiger partial charge in [0.05, 0.1) is 6.21 Å². The molecule has 0 bridgehead atoms. The SMILES string of the molecule is CC(C)c1nc(NN=Cc2ccc(OCc3ccc(F)cc3)cc2)cc(N(C)C)n1. The summed E-state index contributed by atoms with van der Waals surface area (Å²) in [5, 5.41) is 4.28. The van der Waals surface area contributed by atoms with Crippen molar-refractivity contribution in [3.63, 3.8) is 0 Å². The van der Waals surface area contributed by atoms with Crippen molar-refractivity contribution in [3.8, 4) is 5.75 Å². The Morgan fingerprint density at radius 2 is 1.77 bits per heavy atom. The third-order valence-electron chi connectivity index (χ3n) is 4.30. The van der Waals surface area contributed by atoms with Crippen LogP contribution in [0, 0.1) is 5.82 Å². The average molecular weight is 407 g/mol. The Kier molecular flexibility index (Phi) is 6.95. The smallest absolute Gasteiger partial charge is 0.152 e. The van der Waals surface area contributed by atoms with Crippen molar-refractivity contribution >= 4 is 17.9 Å². The molecule has 0 aliphatic heterocycles. The summed E-state index contributed by atoms with van der Waals surface area (Å²) in [6, 6.07) is 15.7. The minimum atomic E-state index is -0.253. The molecule has 1 heterocycles. The lowest BCUT2D eigenvalue weighted by Crippen LogP contribution is -2.13. The van der Waals surface area contributed by atoms with Crippen LogP contribution in [0.5, 0.6) is 5.75 Å². The Labute approximate surface area is 176 Å². The minimum absolute atomic E-state index is 0.219. The van der Waals surface area contributed by atoms with Gasteiger partial charge >= 0.3 is 0 Å². The van der Waals surface area contributed by atoms with Gasteiger partial charge in [-0.15, -0.1) is 0 Å². The van der Waals surface area contributed by atoms with Crippen LogP contribution < -0.4 is 15.1 Å². The minimum Gasteiger partial charge on any atom is -0.489 e. The van der Waals surface area contributed by atoms with Crippen molar-refractivity contribution in [2.45, 2.75) is 26.4 Å². The van der Waals surface area contributed by atoms with Gasteiger partial charge in [0, 0.05) is 26.1 Å². The van der Waals surface area contributed by atoms with E-state index in [1.807, 2.05) is 49.3 Å². The number of hydrogen-bond acceptors (Lipinski definition) is 6. The molecule has 6 nitrogen and oxygen atoms in total. The number of halogens is 1. The number of ether oxygens (including phenoxy) is 1. The Hall–Kier alpha value is -3.48. The van der Waals surface area contributed by atoms with Crippen LogP contribution in [-0.2, 0) is 6.61 Å². The van der Waals surface area contributed by atoms with Gasteiger partial charge in [-0.2, -0.15) is 5.10 Å². The molecule has 7 heteroatoms.